The van der Waals surface area contributed by atoms with E-state index in [-0.39, 0.29) is 11.5 Å². The summed E-state index contributed by atoms with van der Waals surface area (Å²) >= 11 is 0. The molecule has 9 heteroatoms. The average molecular weight is 554 g/mol. The van der Waals surface area contributed by atoms with Gasteiger partial charge in [0.2, 0.25) is 5.78 Å². The Morgan fingerprint density at radius 3 is 2.41 bits per heavy atom. The number of carbonyl (C=O) groups is 2. The van der Waals surface area contributed by atoms with Gasteiger partial charge in [-0.15, -0.1) is 0 Å². The lowest BCUT2D eigenvalue weighted by Gasteiger charge is -2.12. The fourth-order valence-corrected chi connectivity index (χ4v) is 4.99. The third-order valence-electron chi connectivity index (χ3n) is 7.13. The van der Waals surface area contributed by atoms with Crippen molar-refractivity contribution in [2.75, 3.05) is 50.2 Å². The molecule has 0 bridgehead atoms. The number of Topliss-reactive ketones (excluding diaryl/α,β-unsaturated/α-hetero) is 1. The number of anilines is 3. The summed E-state index contributed by atoms with van der Waals surface area (Å²) in [6, 6.07) is 18.1. The lowest BCUT2D eigenvalue weighted by atomic mass is 10.1. The van der Waals surface area contributed by atoms with Crippen LogP contribution in [0.25, 0.3) is 17.0 Å². The number of hydrogen-bond acceptors (Lipinski definition) is 6. The molecule has 0 spiro atoms. The van der Waals surface area contributed by atoms with Crippen molar-refractivity contribution in [2.24, 2.45) is 0 Å². The van der Waals surface area contributed by atoms with Crippen LogP contribution in [0.3, 0.4) is 0 Å². The van der Waals surface area contributed by atoms with Gasteiger partial charge in [0.15, 0.2) is 5.76 Å². The Hall–Kier alpha value is -4.76. The number of hydrogen-bond donors (Lipinski definition) is 3. The predicted octanol–water partition coefficient (Wildman–Crippen LogP) is 6.21. The quantitative estimate of drug-likeness (QED) is 0.213. The minimum Gasteiger partial charge on any atom is -0.497 e. The van der Waals surface area contributed by atoms with E-state index in [4.69, 9.17) is 9.47 Å². The van der Waals surface area contributed by atoms with Crippen LogP contribution >= 0.6 is 0 Å². The number of amides is 2. The highest BCUT2D eigenvalue weighted by Gasteiger charge is 2.29. The molecule has 0 aliphatic carbocycles. The van der Waals surface area contributed by atoms with Crippen LogP contribution in [0.2, 0.25) is 0 Å². The Kier molecular flexibility index (Phi) is 7.98. The number of fused-ring (bicyclic) bond motifs is 2. The van der Waals surface area contributed by atoms with Gasteiger partial charge in [0.1, 0.15) is 11.5 Å². The summed E-state index contributed by atoms with van der Waals surface area (Å²) < 4.78 is 13.6. The van der Waals surface area contributed by atoms with Crippen LogP contribution in [0.15, 0.2) is 66.4 Å². The molecule has 2 heterocycles. The van der Waals surface area contributed by atoms with E-state index in [0.717, 1.165) is 53.2 Å². The van der Waals surface area contributed by atoms with Crippen LogP contribution in [0.1, 0.15) is 28.5 Å². The lowest BCUT2D eigenvalue weighted by Crippen LogP contribution is -2.21. The van der Waals surface area contributed by atoms with E-state index in [1.54, 1.807) is 31.4 Å². The molecule has 0 saturated carbocycles. The lowest BCUT2D eigenvalue weighted by molar-refractivity contribution is 0.101. The van der Waals surface area contributed by atoms with Gasteiger partial charge in [-0.3, -0.25) is 4.79 Å². The van der Waals surface area contributed by atoms with Gasteiger partial charge in [0.25, 0.3) is 0 Å². The van der Waals surface area contributed by atoms with E-state index in [9.17, 15) is 9.59 Å². The highest BCUT2D eigenvalue weighted by molar-refractivity contribution is 6.16. The number of likely N-dealkylation sites (N-methyl/N-ethyl adjacent to an activating group) is 1. The van der Waals surface area contributed by atoms with E-state index in [0.29, 0.717) is 22.7 Å². The highest BCUT2D eigenvalue weighted by Crippen LogP contribution is 2.36. The monoisotopic (exact) mass is 553 g/mol. The Labute approximate surface area is 239 Å². The first-order valence-electron chi connectivity index (χ1n) is 13.6. The zero-order valence-corrected chi connectivity index (χ0v) is 24.0. The van der Waals surface area contributed by atoms with Crippen molar-refractivity contribution in [1.82, 2.24) is 9.47 Å². The molecule has 2 amide bonds. The fourth-order valence-electron chi connectivity index (χ4n) is 4.99. The Bertz CT molecular complexity index is 1640. The van der Waals surface area contributed by atoms with Gasteiger partial charge >= 0.3 is 6.03 Å². The molecule has 0 atom stereocenters. The molecule has 41 heavy (non-hydrogen) atoms. The largest absolute Gasteiger partial charge is 0.497 e. The maximum atomic E-state index is 13.4. The van der Waals surface area contributed by atoms with Crippen molar-refractivity contribution in [1.29, 1.82) is 0 Å². The topological polar surface area (TPSA) is 96.9 Å². The summed E-state index contributed by atoms with van der Waals surface area (Å²) in [5.41, 5.74) is 5.53. The Morgan fingerprint density at radius 1 is 1.00 bits per heavy atom. The molecule has 1 aliphatic heterocycles. The number of methoxy groups -OCH3 is 1. The first-order chi connectivity index (χ1) is 19.8. The van der Waals surface area contributed by atoms with E-state index in [1.807, 2.05) is 63.5 Å². The molecule has 0 radical (unpaired) electrons. The van der Waals surface area contributed by atoms with Crippen molar-refractivity contribution in [3.05, 3.63) is 83.2 Å². The van der Waals surface area contributed by atoms with Gasteiger partial charge in [0.05, 0.1) is 12.7 Å². The van der Waals surface area contributed by atoms with Crippen molar-refractivity contribution in [3.63, 3.8) is 0 Å². The first kappa shape index (κ1) is 27.8. The third kappa shape index (κ3) is 5.90. The molecule has 3 N–H and O–H groups in total. The van der Waals surface area contributed by atoms with Crippen molar-refractivity contribution < 1.29 is 19.1 Å². The maximum Gasteiger partial charge on any atom is 0.323 e. The van der Waals surface area contributed by atoms with Crippen molar-refractivity contribution in [2.45, 2.75) is 20.4 Å². The zero-order valence-electron chi connectivity index (χ0n) is 24.0. The minimum absolute atomic E-state index is 0.235. The van der Waals surface area contributed by atoms with E-state index < -0.39 is 6.03 Å². The molecule has 212 valence electrons. The molecular formula is C32H35N5O4. The second kappa shape index (κ2) is 11.8. The number of carbonyl (C=O) groups excluding carboxylic acids is 2. The van der Waals surface area contributed by atoms with Crippen LogP contribution in [0.5, 0.6) is 11.5 Å². The number of nitrogens with zero attached hydrogens (tertiary/aromatic N) is 2. The summed E-state index contributed by atoms with van der Waals surface area (Å²) in [7, 11) is 5.69. The predicted molar refractivity (Wildman–Crippen MR) is 164 cm³/mol. The molecule has 5 rings (SSSR count). The summed E-state index contributed by atoms with van der Waals surface area (Å²) in [6.45, 7) is 6.66. The third-order valence-corrected chi connectivity index (χ3v) is 7.13. The second-order valence-electron chi connectivity index (χ2n) is 10.2. The maximum absolute atomic E-state index is 13.4. The number of rotatable bonds is 9. The molecule has 4 aromatic rings. The zero-order chi connectivity index (χ0) is 29.1. The molecule has 1 aromatic heterocycles. The number of urea groups is 1. The molecular weight excluding hydrogens is 518 g/mol. The molecule has 1 aliphatic rings. The van der Waals surface area contributed by atoms with E-state index in [1.165, 1.54) is 0 Å². The molecule has 3 aromatic carbocycles. The summed E-state index contributed by atoms with van der Waals surface area (Å²) in [5.74, 6) is 1.20. The number of nitrogens with one attached hydrogen (secondary N) is 3. The Balaban J connectivity index is 1.29. The van der Waals surface area contributed by atoms with Gasteiger partial charge in [-0.2, -0.15) is 0 Å². The van der Waals surface area contributed by atoms with Gasteiger partial charge in [-0.1, -0.05) is 0 Å². The number of ether oxygens (including phenoxy) is 2. The molecule has 0 fully saturated rings. The van der Waals surface area contributed by atoms with Gasteiger partial charge in [-0.05, 0) is 94.7 Å². The van der Waals surface area contributed by atoms with Crippen LogP contribution in [0.4, 0.5) is 21.9 Å². The normalized spacial score (nSPS) is 13.4. The number of ketones is 1. The number of allylic oxidation sites excluding steroid dienone is 1. The van der Waals surface area contributed by atoms with Crippen LogP contribution < -0.4 is 25.4 Å². The average Bonchev–Trinajstić information content (AvgIpc) is 3.41. The summed E-state index contributed by atoms with van der Waals surface area (Å²) in [6.07, 6.45) is 1.80. The van der Waals surface area contributed by atoms with Gasteiger partial charge < -0.3 is 34.9 Å². The molecule has 9 nitrogen and oxygen atoms in total. The summed E-state index contributed by atoms with van der Waals surface area (Å²) in [4.78, 5) is 28.1. The summed E-state index contributed by atoms with van der Waals surface area (Å²) in [5, 5.41) is 9.96. The van der Waals surface area contributed by atoms with Crippen molar-refractivity contribution >= 4 is 45.9 Å². The molecule has 0 unspecified atom stereocenters. The number of aryl methyl sites for hydroxylation is 1. The fraction of sp³-hybridized carbons (Fsp3) is 0.250. The standard InChI is InChI=1S/C32H35N5O4/c1-6-37-20(2)25(26-18-24(40-5)12-13-28(26)37)19-30-31(38)27-17-23(11-14-29(27)41-30)35-32(39)34-22-9-7-21(8-10-22)33-15-16-36(3)4/h7-14,17-19,33H,6,15-16H2,1-5H3,(H2,34,35,39). The van der Waals surface area contributed by atoms with Crippen LogP contribution in [-0.2, 0) is 6.54 Å². The van der Waals surface area contributed by atoms with Gasteiger partial charge in [0, 0.05) is 58.9 Å². The SMILES string of the molecule is CCn1c(C)c(C=C2Oc3ccc(NC(=O)Nc4ccc(NCCN(C)C)cc4)cc3C2=O)c2cc(OC)ccc21. The van der Waals surface area contributed by atoms with Crippen LogP contribution in [-0.4, -0.2) is 55.6 Å². The van der Waals surface area contributed by atoms with E-state index >= 15 is 0 Å². The van der Waals surface area contributed by atoms with Crippen LogP contribution in [0, 0.1) is 6.92 Å². The van der Waals surface area contributed by atoms with E-state index in [2.05, 4.69) is 32.3 Å². The first-order valence-corrected chi connectivity index (χ1v) is 13.6. The second-order valence-corrected chi connectivity index (χ2v) is 10.2. The smallest absolute Gasteiger partial charge is 0.323 e. The number of aromatic nitrogens is 1. The van der Waals surface area contributed by atoms with Gasteiger partial charge in [-0.25, -0.2) is 4.79 Å². The van der Waals surface area contributed by atoms with Crippen molar-refractivity contribution in [3.8, 4) is 11.5 Å². The number of benzene rings is 3. The minimum atomic E-state index is -0.405. The highest BCUT2D eigenvalue weighted by atomic mass is 16.5. The Morgan fingerprint density at radius 2 is 1.71 bits per heavy atom. The molecule has 0 saturated heterocycles.